The number of aromatic hydroxyl groups is 1. The van der Waals surface area contributed by atoms with Crippen molar-refractivity contribution in [3.8, 4) is 34.5 Å². The molecule has 0 saturated carbocycles. The summed E-state index contributed by atoms with van der Waals surface area (Å²) in [7, 11) is 7.69. The second-order valence-corrected chi connectivity index (χ2v) is 7.69. The number of hydrogen-bond acceptors (Lipinski definition) is 7. The molecule has 0 spiro atoms. The van der Waals surface area contributed by atoms with Crippen LogP contribution in [0.3, 0.4) is 0 Å². The van der Waals surface area contributed by atoms with Gasteiger partial charge in [0, 0.05) is 0 Å². The van der Waals surface area contributed by atoms with Crippen LogP contribution in [0.1, 0.15) is 27.0 Å². The first-order chi connectivity index (χ1) is 17.4. The molecule has 36 heavy (non-hydrogen) atoms. The van der Waals surface area contributed by atoms with Crippen LogP contribution < -0.4 is 23.7 Å². The van der Waals surface area contributed by atoms with Crippen molar-refractivity contribution in [2.45, 2.75) is 6.42 Å². The number of ether oxygens (including phenoxy) is 5. The molecule has 3 aromatic rings. The van der Waals surface area contributed by atoms with Gasteiger partial charge >= 0.3 is 0 Å². The van der Waals surface area contributed by atoms with Crippen LogP contribution in [0.5, 0.6) is 34.5 Å². The van der Waals surface area contributed by atoms with Crippen LogP contribution in [0, 0.1) is 0 Å². The molecular weight excluding hydrogens is 460 g/mol. The maximum absolute atomic E-state index is 12.7. The van der Waals surface area contributed by atoms with E-state index in [4.69, 9.17) is 23.7 Å². The fraction of sp³-hybridized carbons (Fsp3) is 0.207. The van der Waals surface area contributed by atoms with Crippen LogP contribution in [-0.4, -0.2) is 46.4 Å². The van der Waals surface area contributed by atoms with Crippen LogP contribution >= 0.6 is 0 Å². The van der Waals surface area contributed by atoms with E-state index in [2.05, 4.69) is 0 Å². The minimum absolute atomic E-state index is 0.0138. The summed E-state index contributed by atoms with van der Waals surface area (Å²) in [5, 5.41) is 10.4. The average molecular weight is 491 g/mol. The van der Waals surface area contributed by atoms with Crippen LogP contribution in [0.2, 0.25) is 0 Å². The molecule has 0 fully saturated rings. The molecule has 0 aromatic heterocycles. The van der Waals surface area contributed by atoms with Crippen molar-refractivity contribution in [3.05, 3.63) is 82.9 Å². The highest BCUT2D eigenvalue weighted by molar-refractivity contribution is 6.06. The number of benzene rings is 3. The molecule has 0 atom stereocenters. The molecule has 0 saturated heterocycles. The first kappa shape index (κ1) is 26.2. The molecule has 0 unspecified atom stereocenters. The molecule has 3 aromatic carbocycles. The van der Waals surface area contributed by atoms with E-state index in [1.54, 1.807) is 57.7 Å². The largest absolute Gasteiger partial charge is 0.504 e. The SMILES string of the molecule is COc1cc(C/C=C\C(=O)c2ccccc2OC)c(/C=C\c2cc(OC)c(OC)c(OC)c2)cc1O. The summed E-state index contributed by atoms with van der Waals surface area (Å²) in [5.74, 6) is 2.29. The highest BCUT2D eigenvalue weighted by Gasteiger charge is 2.13. The van der Waals surface area contributed by atoms with Crippen LogP contribution in [0.25, 0.3) is 12.2 Å². The van der Waals surface area contributed by atoms with Crippen molar-refractivity contribution in [3.63, 3.8) is 0 Å². The van der Waals surface area contributed by atoms with Crippen molar-refractivity contribution in [1.82, 2.24) is 0 Å². The molecule has 0 amide bonds. The van der Waals surface area contributed by atoms with Gasteiger partial charge in [-0.2, -0.15) is 0 Å². The Morgan fingerprint density at radius 2 is 1.42 bits per heavy atom. The van der Waals surface area contributed by atoms with E-state index in [9.17, 15) is 9.90 Å². The Morgan fingerprint density at radius 1 is 0.778 bits per heavy atom. The van der Waals surface area contributed by atoms with Gasteiger partial charge in [0.05, 0.1) is 41.1 Å². The first-order valence-corrected chi connectivity index (χ1v) is 11.2. The second kappa shape index (κ2) is 12.4. The van der Waals surface area contributed by atoms with E-state index in [0.717, 1.165) is 16.7 Å². The van der Waals surface area contributed by atoms with Gasteiger partial charge in [0.1, 0.15) is 5.75 Å². The summed E-state index contributed by atoms with van der Waals surface area (Å²) in [6.07, 6.45) is 7.47. The maximum atomic E-state index is 12.7. The van der Waals surface area contributed by atoms with Crippen molar-refractivity contribution in [2.24, 2.45) is 0 Å². The third-order valence-electron chi connectivity index (χ3n) is 5.56. The molecule has 1 N–H and O–H groups in total. The van der Waals surface area contributed by atoms with Gasteiger partial charge in [0.15, 0.2) is 28.8 Å². The second-order valence-electron chi connectivity index (χ2n) is 7.69. The van der Waals surface area contributed by atoms with E-state index in [1.807, 2.05) is 30.4 Å². The third-order valence-corrected chi connectivity index (χ3v) is 5.56. The molecule has 0 aliphatic carbocycles. The minimum atomic E-state index is -0.160. The lowest BCUT2D eigenvalue weighted by atomic mass is 10.0. The van der Waals surface area contributed by atoms with E-state index in [-0.39, 0.29) is 11.5 Å². The van der Waals surface area contributed by atoms with Crippen LogP contribution in [0.15, 0.2) is 60.7 Å². The minimum Gasteiger partial charge on any atom is -0.504 e. The van der Waals surface area contributed by atoms with Crippen molar-refractivity contribution in [1.29, 1.82) is 0 Å². The monoisotopic (exact) mass is 490 g/mol. The number of phenolic OH excluding ortho intramolecular Hbond substituents is 1. The summed E-state index contributed by atoms with van der Waals surface area (Å²) in [6.45, 7) is 0. The van der Waals surface area contributed by atoms with Gasteiger partial charge in [-0.05, 0) is 65.6 Å². The Labute approximate surface area is 211 Å². The maximum Gasteiger partial charge on any atom is 0.203 e. The van der Waals surface area contributed by atoms with E-state index in [0.29, 0.717) is 40.7 Å². The molecular formula is C29H30O7. The van der Waals surface area contributed by atoms with Crippen LogP contribution in [0.4, 0.5) is 0 Å². The number of allylic oxidation sites excluding steroid dienone is 2. The zero-order valence-electron chi connectivity index (χ0n) is 21.0. The summed E-state index contributed by atoms with van der Waals surface area (Å²) < 4.78 is 26.8. The fourth-order valence-corrected chi connectivity index (χ4v) is 3.74. The number of carbonyl (C=O) groups is 1. The van der Waals surface area contributed by atoms with Gasteiger partial charge in [-0.25, -0.2) is 0 Å². The quantitative estimate of drug-likeness (QED) is 0.213. The normalized spacial score (nSPS) is 11.0. The lowest BCUT2D eigenvalue weighted by Crippen LogP contribution is -1.99. The van der Waals surface area contributed by atoms with Gasteiger partial charge in [0.2, 0.25) is 5.75 Å². The van der Waals surface area contributed by atoms with Gasteiger partial charge in [-0.3, -0.25) is 4.79 Å². The molecule has 0 aliphatic heterocycles. The van der Waals surface area contributed by atoms with Crippen molar-refractivity contribution in [2.75, 3.05) is 35.5 Å². The van der Waals surface area contributed by atoms with Gasteiger partial charge in [-0.15, -0.1) is 0 Å². The molecule has 188 valence electrons. The summed E-state index contributed by atoms with van der Waals surface area (Å²) in [6, 6.07) is 14.1. The highest BCUT2D eigenvalue weighted by Crippen LogP contribution is 2.39. The molecule has 0 heterocycles. The Hall–Kier alpha value is -4.39. The number of phenols is 1. The Bertz CT molecular complexity index is 1250. The average Bonchev–Trinajstić information content (AvgIpc) is 2.91. The fourth-order valence-electron chi connectivity index (χ4n) is 3.74. The molecule has 7 heteroatoms. The summed E-state index contributed by atoms with van der Waals surface area (Å²) in [5.41, 5.74) is 2.92. The number of para-hydroxylation sites is 1. The molecule has 0 bridgehead atoms. The Balaban J connectivity index is 1.91. The molecule has 7 nitrogen and oxygen atoms in total. The zero-order chi connectivity index (χ0) is 26.1. The summed E-state index contributed by atoms with van der Waals surface area (Å²) in [4.78, 5) is 12.7. The lowest BCUT2D eigenvalue weighted by molar-refractivity contribution is 0.104. The van der Waals surface area contributed by atoms with Crippen molar-refractivity contribution < 1.29 is 33.6 Å². The number of hydrogen-bond donors (Lipinski definition) is 1. The standard InChI is InChI=1S/C29H30O7/c1-32-25-12-7-6-10-22(25)23(30)11-8-9-20-18-26(33-2)24(31)17-21(20)14-13-19-15-27(34-3)29(36-5)28(16-19)35-4/h6-8,10-18,31H,9H2,1-5H3/b11-8-,14-13-. The van der Waals surface area contributed by atoms with E-state index >= 15 is 0 Å². The lowest BCUT2D eigenvalue weighted by Gasteiger charge is -2.13. The smallest absolute Gasteiger partial charge is 0.203 e. The topological polar surface area (TPSA) is 83.5 Å². The van der Waals surface area contributed by atoms with E-state index < -0.39 is 0 Å². The Morgan fingerprint density at radius 3 is 2.03 bits per heavy atom. The number of methoxy groups -OCH3 is 5. The summed E-state index contributed by atoms with van der Waals surface area (Å²) >= 11 is 0. The number of rotatable bonds is 11. The first-order valence-electron chi connectivity index (χ1n) is 11.2. The molecule has 0 aliphatic rings. The van der Waals surface area contributed by atoms with Crippen molar-refractivity contribution >= 4 is 17.9 Å². The van der Waals surface area contributed by atoms with Gasteiger partial charge in [0.25, 0.3) is 0 Å². The number of ketones is 1. The van der Waals surface area contributed by atoms with Crippen LogP contribution in [-0.2, 0) is 6.42 Å². The van der Waals surface area contributed by atoms with Gasteiger partial charge in [-0.1, -0.05) is 30.4 Å². The zero-order valence-corrected chi connectivity index (χ0v) is 21.0. The number of carbonyl (C=O) groups excluding carboxylic acids is 1. The third kappa shape index (κ3) is 5.99. The highest BCUT2D eigenvalue weighted by atomic mass is 16.5. The predicted molar refractivity (Wildman–Crippen MR) is 140 cm³/mol. The Kier molecular flexibility index (Phi) is 9.00. The van der Waals surface area contributed by atoms with Gasteiger partial charge < -0.3 is 28.8 Å². The molecule has 3 rings (SSSR count). The molecule has 0 radical (unpaired) electrons. The van der Waals surface area contributed by atoms with E-state index in [1.165, 1.54) is 20.3 Å². The predicted octanol–water partition coefficient (Wildman–Crippen LogP) is 5.59.